The molecular formula is C23H20BrF3N6O3. The highest BCUT2D eigenvalue weighted by Crippen LogP contribution is 2.30. The van der Waals surface area contributed by atoms with Crippen molar-refractivity contribution in [3.05, 3.63) is 53.0 Å². The standard InChI is InChI=1S/C23H20BrF3N6O3/c24-16-2-1-3-17(11-16)33-13-15(10-19(33)34)21(35)32-8-6-31(7-9-32)18-5-4-14(12-28-18)20-29-22(36-30-20)23(25,26)27/h1-5,11-12,15H,6-10,13H2. The molecule has 9 nitrogen and oxygen atoms in total. The second kappa shape index (κ2) is 9.52. The number of anilines is 2. The van der Waals surface area contributed by atoms with Gasteiger partial charge in [0.1, 0.15) is 5.82 Å². The number of amides is 2. The zero-order valence-electron chi connectivity index (χ0n) is 18.8. The summed E-state index contributed by atoms with van der Waals surface area (Å²) in [5.74, 6) is -1.48. The third-order valence-corrected chi connectivity index (χ3v) is 6.68. The van der Waals surface area contributed by atoms with E-state index in [1.165, 1.54) is 6.20 Å². The van der Waals surface area contributed by atoms with Gasteiger partial charge in [-0.2, -0.15) is 18.2 Å². The van der Waals surface area contributed by atoms with Crippen LogP contribution in [0.1, 0.15) is 12.3 Å². The molecule has 36 heavy (non-hydrogen) atoms. The molecule has 4 heterocycles. The number of hydrogen-bond acceptors (Lipinski definition) is 7. The van der Waals surface area contributed by atoms with E-state index in [9.17, 15) is 22.8 Å². The van der Waals surface area contributed by atoms with Crippen LogP contribution < -0.4 is 9.80 Å². The van der Waals surface area contributed by atoms with Gasteiger partial charge in [0, 0.05) is 61.1 Å². The summed E-state index contributed by atoms with van der Waals surface area (Å²) in [5.41, 5.74) is 1.06. The van der Waals surface area contributed by atoms with Crippen LogP contribution in [0.25, 0.3) is 11.4 Å². The fourth-order valence-corrected chi connectivity index (χ4v) is 4.73. The Bertz CT molecular complexity index is 1270. The van der Waals surface area contributed by atoms with Gasteiger partial charge in [-0.25, -0.2) is 4.98 Å². The maximum Gasteiger partial charge on any atom is 0.471 e. The summed E-state index contributed by atoms with van der Waals surface area (Å²) in [6, 6.07) is 10.7. The van der Waals surface area contributed by atoms with Crippen LogP contribution in [0.2, 0.25) is 0 Å². The Kier molecular flexibility index (Phi) is 6.41. The molecule has 2 aromatic heterocycles. The van der Waals surface area contributed by atoms with Crippen molar-refractivity contribution < 1.29 is 27.3 Å². The number of alkyl halides is 3. The van der Waals surface area contributed by atoms with Crippen LogP contribution in [0.15, 0.2) is 51.6 Å². The Morgan fingerprint density at radius 1 is 1.11 bits per heavy atom. The van der Waals surface area contributed by atoms with Gasteiger partial charge in [0.2, 0.25) is 17.6 Å². The highest BCUT2D eigenvalue weighted by atomic mass is 79.9. The summed E-state index contributed by atoms with van der Waals surface area (Å²) < 4.78 is 43.1. The maximum atomic E-state index is 13.1. The number of carbonyl (C=O) groups is 2. The van der Waals surface area contributed by atoms with E-state index in [1.807, 2.05) is 29.2 Å². The van der Waals surface area contributed by atoms with E-state index in [2.05, 4.69) is 35.6 Å². The molecule has 0 aliphatic carbocycles. The predicted octanol–water partition coefficient (Wildman–Crippen LogP) is 3.61. The molecule has 0 saturated carbocycles. The van der Waals surface area contributed by atoms with Gasteiger partial charge < -0.3 is 19.2 Å². The average molecular weight is 565 g/mol. The molecule has 3 aromatic rings. The molecule has 188 valence electrons. The minimum absolute atomic E-state index is 0.0404. The van der Waals surface area contributed by atoms with Crippen molar-refractivity contribution in [2.24, 2.45) is 5.92 Å². The molecule has 1 unspecified atom stereocenters. The normalized spacial score (nSPS) is 18.7. The number of carbonyl (C=O) groups excluding carboxylic acids is 2. The summed E-state index contributed by atoms with van der Waals surface area (Å²) in [6.45, 7) is 2.37. The van der Waals surface area contributed by atoms with Crippen LogP contribution in [0, 0.1) is 5.92 Å². The summed E-state index contributed by atoms with van der Waals surface area (Å²) in [7, 11) is 0. The lowest BCUT2D eigenvalue weighted by Gasteiger charge is -2.36. The van der Waals surface area contributed by atoms with Gasteiger partial charge in [-0.1, -0.05) is 27.2 Å². The van der Waals surface area contributed by atoms with Gasteiger partial charge in [0.05, 0.1) is 5.92 Å². The van der Waals surface area contributed by atoms with Crippen LogP contribution in [0.5, 0.6) is 0 Å². The second-order valence-electron chi connectivity index (χ2n) is 8.52. The largest absolute Gasteiger partial charge is 0.471 e. The van der Waals surface area contributed by atoms with Crippen LogP contribution >= 0.6 is 15.9 Å². The second-order valence-corrected chi connectivity index (χ2v) is 9.44. The fourth-order valence-electron chi connectivity index (χ4n) is 4.34. The highest BCUT2D eigenvalue weighted by Gasteiger charge is 2.39. The number of rotatable bonds is 4. The van der Waals surface area contributed by atoms with Crippen LogP contribution in [0.3, 0.4) is 0 Å². The topological polar surface area (TPSA) is 95.7 Å². The summed E-state index contributed by atoms with van der Waals surface area (Å²) in [6.07, 6.45) is -3.14. The third-order valence-electron chi connectivity index (χ3n) is 6.18. The molecule has 0 N–H and O–H groups in total. The molecule has 1 aromatic carbocycles. The maximum absolute atomic E-state index is 13.1. The first-order chi connectivity index (χ1) is 17.2. The summed E-state index contributed by atoms with van der Waals surface area (Å²) >= 11 is 3.41. The lowest BCUT2D eigenvalue weighted by atomic mass is 10.1. The Hall–Kier alpha value is -3.48. The number of benzene rings is 1. The van der Waals surface area contributed by atoms with Gasteiger partial charge in [0.15, 0.2) is 0 Å². The number of halogens is 4. The molecule has 13 heteroatoms. The molecule has 0 radical (unpaired) electrons. The molecule has 2 saturated heterocycles. The number of piperazine rings is 1. The number of pyridine rings is 1. The van der Waals surface area contributed by atoms with Crippen molar-refractivity contribution in [3.8, 4) is 11.4 Å². The Balaban J connectivity index is 1.17. The van der Waals surface area contributed by atoms with Crippen molar-refractivity contribution in [2.45, 2.75) is 12.6 Å². The van der Waals surface area contributed by atoms with Crippen molar-refractivity contribution in [1.82, 2.24) is 20.0 Å². The van der Waals surface area contributed by atoms with Crippen molar-refractivity contribution in [2.75, 3.05) is 42.5 Å². The zero-order valence-corrected chi connectivity index (χ0v) is 20.4. The molecule has 0 bridgehead atoms. The molecule has 0 spiro atoms. The monoisotopic (exact) mass is 564 g/mol. The van der Waals surface area contributed by atoms with Crippen LogP contribution in [-0.4, -0.2) is 64.6 Å². The Morgan fingerprint density at radius 2 is 1.89 bits per heavy atom. The number of hydrogen-bond donors (Lipinski definition) is 0. The molecule has 2 aliphatic heterocycles. The minimum atomic E-state index is -4.71. The quantitative estimate of drug-likeness (QED) is 0.477. The fraction of sp³-hybridized carbons (Fsp3) is 0.348. The smallest absolute Gasteiger partial charge is 0.353 e. The van der Waals surface area contributed by atoms with E-state index in [1.54, 1.807) is 21.9 Å². The lowest BCUT2D eigenvalue weighted by Crippen LogP contribution is -2.51. The molecule has 1 atom stereocenters. The third kappa shape index (κ3) is 4.92. The number of nitrogens with zero attached hydrogens (tertiary/aromatic N) is 6. The average Bonchev–Trinajstić information content (AvgIpc) is 3.51. The zero-order chi connectivity index (χ0) is 25.4. The summed E-state index contributed by atoms with van der Waals surface area (Å²) in [4.78, 5) is 38.8. The van der Waals surface area contributed by atoms with Gasteiger partial charge in [-0.05, 0) is 30.3 Å². The van der Waals surface area contributed by atoms with Gasteiger partial charge in [-0.15, -0.1) is 0 Å². The highest BCUT2D eigenvalue weighted by molar-refractivity contribution is 9.10. The first-order valence-corrected chi connectivity index (χ1v) is 12.0. The van der Waals surface area contributed by atoms with E-state index in [0.29, 0.717) is 44.1 Å². The molecular weight excluding hydrogens is 545 g/mol. The molecule has 5 rings (SSSR count). The molecule has 2 fully saturated rings. The first kappa shape index (κ1) is 24.2. The predicted molar refractivity (Wildman–Crippen MR) is 126 cm³/mol. The lowest BCUT2D eigenvalue weighted by molar-refractivity contribution is -0.159. The first-order valence-electron chi connectivity index (χ1n) is 11.2. The van der Waals surface area contributed by atoms with E-state index < -0.39 is 18.0 Å². The van der Waals surface area contributed by atoms with Crippen LogP contribution in [0.4, 0.5) is 24.7 Å². The molecule has 2 aliphatic rings. The Morgan fingerprint density at radius 3 is 2.53 bits per heavy atom. The van der Waals surface area contributed by atoms with Crippen molar-refractivity contribution >= 4 is 39.2 Å². The van der Waals surface area contributed by atoms with Gasteiger partial charge in [-0.3, -0.25) is 9.59 Å². The van der Waals surface area contributed by atoms with Gasteiger partial charge >= 0.3 is 12.1 Å². The molecule has 2 amide bonds. The SMILES string of the molecule is O=C(C1CC(=O)N(c2cccc(Br)c2)C1)N1CCN(c2ccc(-c3noc(C(F)(F)F)n3)cn2)CC1. The van der Waals surface area contributed by atoms with Crippen molar-refractivity contribution in [1.29, 1.82) is 0 Å². The van der Waals surface area contributed by atoms with Crippen molar-refractivity contribution in [3.63, 3.8) is 0 Å². The van der Waals surface area contributed by atoms with E-state index in [0.717, 1.165) is 10.2 Å². The Labute approximate surface area is 212 Å². The van der Waals surface area contributed by atoms with Gasteiger partial charge in [0.25, 0.3) is 0 Å². The van der Waals surface area contributed by atoms with Crippen LogP contribution in [-0.2, 0) is 15.8 Å². The minimum Gasteiger partial charge on any atom is -0.353 e. The van der Waals surface area contributed by atoms with E-state index in [4.69, 9.17) is 0 Å². The van der Waals surface area contributed by atoms with E-state index in [-0.39, 0.29) is 24.1 Å². The van der Waals surface area contributed by atoms with E-state index >= 15 is 0 Å². The summed E-state index contributed by atoms with van der Waals surface area (Å²) in [5, 5.41) is 3.36. The number of aromatic nitrogens is 3.